The van der Waals surface area contributed by atoms with Gasteiger partial charge in [-0.3, -0.25) is 4.99 Å². The molecule has 3 N–H and O–H groups in total. The van der Waals surface area contributed by atoms with E-state index in [1.165, 1.54) is 5.56 Å². The number of nitrogens with one attached hydrogen (secondary N) is 2. The van der Waals surface area contributed by atoms with Crippen molar-refractivity contribution < 1.29 is 5.11 Å². The lowest BCUT2D eigenvalue weighted by molar-refractivity contribution is 0.187. The van der Waals surface area contributed by atoms with Crippen LogP contribution >= 0.6 is 0 Å². The van der Waals surface area contributed by atoms with Crippen LogP contribution in [0.25, 0.3) is 0 Å². The molecule has 0 saturated heterocycles. The number of hydrogen-bond acceptors (Lipinski definition) is 2. The average Bonchev–Trinajstić information content (AvgIpc) is 2.49. The molecule has 22 heavy (non-hydrogen) atoms. The predicted octanol–water partition coefficient (Wildman–Crippen LogP) is 2.21. The van der Waals surface area contributed by atoms with Crippen molar-refractivity contribution in [1.29, 1.82) is 0 Å². The minimum absolute atomic E-state index is 0.110. The van der Waals surface area contributed by atoms with Crippen molar-refractivity contribution in [1.82, 2.24) is 10.6 Å². The largest absolute Gasteiger partial charge is 0.386 e. The fourth-order valence-corrected chi connectivity index (χ4v) is 1.96. The Kier molecular flexibility index (Phi) is 6.94. The van der Waals surface area contributed by atoms with Crippen LogP contribution in [0, 0.1) is 12.3 Å². The van der Waals surface area contributed by atoms with E-state index in [0.717, 1.165) is 12.1 Å². The second-order valence-electron chi connectivity index (χ2n) is 6.17. The summed E-state index contributed by atoms with van der Waals surface area (Å²) in [6.45, 7) is 9.92. The minimum atomic E-state index is -0.629. The number of benzene rings is 1. The van der Waals surface area contributed by atoms with Crippen molar-refractivity contribution in [2.24, 2.45) is 4.99 Å². The number of aliphatic hydroxyl groups is 1. The summed E-state index contributed by atoms with van der Waals surface area (Å²) in [6, 6.07) is 8.04. The molecule has 0 bridgehead atoms. The van der Waals surface area contributed by atoms with Crippen LogP contribution in [0.1, 0.15) is 44.9 Å². The summed E-state index contributed by atoms with van der Waals surface area (Å²) in [7, 11) is 0. The first-order valence-electron chi connectivity index (χ1n) is 7.62. The van der Waals surface area contributed by atoms with E-state index in [9.17, 15) is 5.11 Å². The maximum Gasteiger partial charge on any atom is 0.192 e. The van der Waals surface area contributed by atoms with Gasteiger partial charge in [-0.15, -0.1) is 6.42 Å². The van der Waals surface area contributed by atoms with Crippen LogP contribution in [0.4, 0.5) is 0 Å². The van der Waals surface area contributed by atoms with Crippen molar-refractivity contribution in [3.05, 3.63) is 35.4 Å². The molecule has 1 aromatic carbocycles. The molecule has 1 rings (SSSR count). The first-order valence-corrected chi connectivity index (χ1v) is 7.62. The zero-order valence-electron chi connectivity index (χ0n) is 14.0. The molecule has 0 aliphatic rings. The molecule has 0 radical (unpaired) electrons. The van der Waals surface area contributed by atoms with Crippen LogP contribution in [0.2, 0.25) is 0 Å². The van der Waals surface area contributed by atoms with Crippen LogP contribution < -0.4 is 10.6 Å². The van der Waals surface area contributed by atoms with Crippen LogP contribution in [0.3, 0.4) is 0 Å². The van der Waals surface area contributed by atoms with Gasteiger partial charge in [0, 0.05) is 6.54 Å². The second kappa shape index (κ2) is 8.45. The van der Waals surface area contributed by atoms with Crippen LogP contribution in [0.15, 0.2) is 29.3 Å². The molecule has 0 spiro atoms. The van der Waals surface area contributed by atoms with E-state index in [1.54, 1.807) is 0 Å². The van der Waals surface area contributed by atoms with Crippen molar-refractivity contribution in [3.63, 3.8) is 0 Å². The highest BCUT2D eigenvalue weighted by Crippen LogP contribution is 2.24. The van der Waals surface area contributed by atoms with E-state index in [2.05, 4.69) is 54.5 Å². The zero-order valence-corrected chi connectivity index (χ0v) is 14.0. The summed E-state index contributed by atoms with van der Waals surface area (Å²) in [6.07, 6.45) is 4.60. The van der Waals surface area contributed by atoms with E-state index >= 15 is 0 Å². The quantitative estimate of drug-likeness (QED) is 0.444. The lowest BCUT2D eigenvalue weighted by Crippen LogP contribution is -2.37. The highest BCUT2D eigenvalue weighted by Gasteiger charge is 2.14. The number of aliphatic imine (C=N–C) groups is 1. The maximum atomic E-state index is 10.3. The first-order chi connectivity index (χ1) is 10.4. The van der Waals surface area contributed by atoms with Gasteiger partial charge in [0.15, 0.2) is 5.96 Å². The fourth-order valence-electron chi connectivity index (χ4n) is 1.96. The molecule has 1 atom stereocenters. The van der Waals surface area contributed by atoms with Gasteiger partial charge in [-0.05, 0) is 23.5 Å². The molecule has 4 nitrogen and oxygen atoms in total. The normalized spacial score (nSPS) is 13.4. The molecule has 0 aliphatic heterocycles. The van der Waals surface area contributed by atoms with Gasteiger partial charge >= 0.3 is 0 Å². The zero-order chi connectivity index (χ0) is 16.6. The lowest BCUT2D eigenvalue weighted by atomic mass is 9.86. The van der Waals surface area contributed by atoms with Gasteiger partial charge in [-0.1, -0.05) is 51.0 Å². The van der Waals surface area contributed by atoms with Gasteiger partial charge in [0.05, 0.1) is 19.2 Å². The Bertz CT molecular complexity index is 521. The smallest absolute Gasteiger partial charge is 0.192 e. The molecule has 0 aromatic heterocycles. The van der Waals surface area contributed by atoms with Crippen molar-refractivity contribution in [2.75, 3.05) is 19.6 Å². The van der Waals surface area contributed by atoms with Gasteiger partial charge in [0.1, 0.15) is 0 Å². The van der Waals surface area contributed by atoms with Crippen LogP contribution in [-0.4, -0.2) is 30.7 Å². The van der Waals surface area contributed by atoms with E-state index in [0.29, 0.717) is 12.5 Å². The predicted molar refractivity (Wildman–Crippen MR) is 92.9 cm³/mol. The molecule has 1 aromatic rings. The Hall–Kier alpha value is -1.99. The van der Waals surface area contributed by atoms with E-state index < -0.39 is 6.10 Å². The summed E-state index contributed by atoms with van der Waals surface area (Å²) < 4.78 is 0. The fraction of sp³-hybridized carbons (Fsp3) is 0.500. The molecular formula is C18H27N3O. The number of hydrogen-bond donors (Lipinski definition) is 3. The monoisotopic (exact) mass is 301 g/mol. The SMILES string of the molecule is C#CCNC(=NCC(O)c1ccc(C(C)(C)C)cc1)NCC. The Morgan fingerprint density at radius 1 is 1.27 bits per heavy atom. The van der Waals surface area contributed by atoms with E-state index in [-0.39, 0.29) is 12.0 Å². The third-order valence-corrected chi connectivity index (χ3v) is 3.29. The van der Waals surface area contributed by atoms with Crippen LogP contribution in [-0.2, 0) is 5.41 Å². The highest BCUT2D eigenvalue weighted by molar-refractivity contribution is 5.80. The topological polar surface area (TPSA) is 56.7 Å². The summed E-state index contributed by atoms with van der Waals surface area (Å²) >= 11 is 0. The van der Waals surface area contributed by atoms with Gasteiger partial charge in [-0.25, -0.2) is 0 Å². The first kappa shape index (κ1) is 18.1. The van der Waals surface area contributed by atoms with E-state index in [1.807, 2.05) is 19.1 Å². The Balaban J connectivity index is 2.71. The third kappa shape index (κ3) is 5.79. The maximum absolute atomic E-state index is 10.3. The standard InChI is InChI=1S/C18H27N3O/c1-6-12-20-17(19-7-2)21-13-16(22)14-8-10-15(11-9-14)18(3,4)5/h1,8-11,16,22H,7,12-13H2,2-5H3,(H2,19,20,21). The third-order valence-electron chi connectivity index (χ3n) is 3.29. The van der Waals surface area contributed by atoms with Gasteiger partial charge in [0.2, 0.25) is 0 Å². The molecule has 0 fully saturated rings. The summed E-state index contributed by atoms with van der Waals surface area (Å²) in [5, 5.41) is 16.3. The number of rotatable bonds is 5. The Morgan fingerprint density at radius 3 is 2.41 bits per heavy atom. The number of guanidine groups is 1. The molecular weight excluding hydrogens is 274 g/mol. The number of aliphatic hydroxyl groups excluding tert-OH is 1. The molecule has 120 valence electrons. The lowest BCUT2D eigenvalue weighted by Gasteiger charge is -2.20. The van der Waals surface area contributed by atoms with Crippen molar-refractivity contribution in [2.45, 2.75) is 39.2 Å². The summed E-state index contributed by atoms with van der Waals surface area (Å²) in [5.74, 6) is 3.12. The van der Waals surface area contributed by atoms with Gasteiger partial charge < -0.3 is 15.7 Å². The Labute approximate surface area is 134 Å². The summed E-state index contributed by atoms with van der Waals surface area (Å²) in [5.41, 5.74) is 2.22. The second-order valence-corrected chi connectivity index (χ2v) is 6.17. The van der Waals surface area contributed by atoms with Gasteiger partial charge in [0.25, 0.3) is 0 Å². The minimum Gasteiger partial charge on any atom is -0.386 e. The Morgan fingerprint density at radius 2 is 1.91 bits per heavy atom. The van der Waals surface area contributed by atoms with Gasteiger partial charge in [-0.2, -0.15) is 0 Å². The number of terminal acetylenes is 1. The molecule has 4 heteroatoms. The van der Waals surface area contributed by atoms with Crippen LogP contribution in [0.5, 0.6) is 0 Å². The van der Waals surface area contributed by atoms with Crippen molar-refractivity contribution in [3.8, 4) is 12.3 Å². The molecule has 0 heterocycles. The van der Waals surface area contributed by atoms with E-state index in [4.69, 9.17) is 6.42 Å². The molecule has 0 amide bonds. The molecule has 1 unspecified atom stereocenters. The highest BCUT2D eigenvalue weighted by atomic mass is 16.3. The number of nitrogens with zero attached hydrogens (tertiary/aromatic N) is 1. The molecule has 0 aliphatic carbocycles. The summed E-state index contributed by atoms with van der Waals surface area (Å²) in [4.78, 5) is 4.35. The molecule has 0 saturated carbocycles. The van der Waals surface area contributed by atoms with Crippen molar-refractivity contribution >= 4 is 5.96 Å². The average molecular weight is 301 g/mol.